The highest BCUT2D eigenvalue weighted by molar-refractivity contribution is 6.30. The van der Waals surface area contributed by atoms with Crippen LogP contribution >= 0.6 is 11.6 Å². The quantitative estimate of drug-likeness (QED) is 0.735. The van der Waals surface area contributed by atoms with E-state index in [1.54, 1.807) is 6.92 Å². The molecule has 0 fully saturated rings. The minimum atomic E-state index is -0.664. The number of halogens is 2. The molecule has 0 radical (unpaired) electrons. The standard InChI is InChI=1S/C7H10ClFN2O/c1-3-12-5(2)11-4-6(8)7(9)10-11/h4-5H,3H2,1-2H3. The van der Waals surface area contributed by atoms with Crippen LogP contribution in [0, 0.1) is 5.95 Å². The van der Waals surface area contributed by atoms with Gasteiger partial charge in [-0.15, -0.1) is 5.10 Å². The van der Waals surface area contributed by atoms with E-state index in [2.05, 4.69) is 5.10 Å². The molecule has 0 saturated carbocycles. The second-order valence-electron chi connectivity index (χ2n) is 2.30. The third-order valence-corrected chi connectivity index (χ3v) is 1.68. The summed E-state index contributed by atoms with van der Waals surface area (Å²) in [5, 5.41) is 3.54. The Morgan fingerprint density at radius 2 is 2.50 bits per heavy atom. The van der Waals surface area contributed by atoms with Crippen LogP contribution in [-0.4, -0.2) is 16.4 Å². The zero-order valence-electron chi connectivity index (χ0n) is 6.92. The number of nitrogens with zero attached hydrogens (tertiary/aromatic N) is 2. The molecular formula is C7H10ClFN2O. The Bertz CT molecular complexity index is 244. The fourth-order valence-electron chi connectivity index (χ4n) is 0.851. The number of hydrogen-bond acceptors (Lipinski definition) is 2. The van der Waals surface area contributed by atoms with Crippen LogP contribution in [-0.2, 0) is 4.74 Å². The SMILES string of the molecule is CCOC(C)n1cc(Cl)c(F)n1. The largest absolute Gasteiger partial charge is 0.357 e. The maximum atomic E-state index is 12.6. The summed E-state index contributed by atoms with van der Waals surface area (Å²) < 4.78 is 19.1. The van der Waals surface area contributed by atoms with Crippen LogP contribution in [0.2, 0.25) is 5.02 Å². The van der Waals surface area contributed by atoms with Gasteiger partial charge in [0.2, 0.25) is 0 Å². The lowest BCUT2D eigenvalue weighted by Crippen LogP contribution is -2.09. The predicted molar refractivity (Wildman–Crippen MR) is 43.5 cm³/mol. The average Bonchev–Trinajstić information content (AvgIpc) is 2.33. The molecule has 0 aliphatic heterocycles. The molecule has 0 aliphatic rings. The van der Waals surface area contributed by atoms with Crippen LogP contribution in [0.4, 0.5) is 4.39 Å². The molecular weight excluding hydrogens is 183 g/mol. The first-order chi connectivity index (χ1) is 5.65. The van der Waals surface area contributed by atoms with Crippen LogP contribution in [0.5, 0.6) is 0 Å². The van der Waals surface area contributed by atoms with E-state index in [0.29, 0.717) is 6.61 Å². The van der Waals surface area contributed by atoms with Gasteiger partial charge in [-0.25, -0.2) is 4.68 Å². The molecule has 68 valence electrons. The highest BCUT2D eigenvalue weighted by Crippen LogP contribution is 2.15. The molecule has 0 amide bonds. The molecule has 1 rings (SSSR count). The van der Waals surface area contributed by atoms with E-state index >= 15 is 0 Å². The van der Waals surface area contributed by atoms with Crippen molar-refractivity contribution in [2.24, 2.45) is 0 Å². The van der Waals surface area contributed by atoms with Gasteiger partial charge >= 0.3 is 0 Å². The highest BCUT2D eigenvalue weighted by atomic mass is 35.5. The zero-order valence-corrected chi connectivity index (χ0v) is 7.68. The molecule has 0 aliphatic carbocycles. The highest BCUT2D eigenvalue weighted by Gasteiger charge is 2.10. The van der Waals surface area contributed by atoms with Crippen LogP contribution < -0.4 is 0 Å². The summed E-state index contributed by atoms with van der Waals surface area (Å²) in [5.41, 5.74) is 0. The molecule has 1 aromatic heterocycles. The van der Waals surface area contributed by atoms with Crippen molar-refractivity contribution in [1.82, 2.24) is 9.78 Å². The molecule has 0 bridgehead atoms. The Morgan fingerprint density at radius 3 is 2.92 bits per heavy atom. The van der Waals surface area contributed by atoms with E-state index in [9.17, 15) is 4.39 Å². The first kappa shape index (κ1) is 9.48. The zero-order chi connectivity index (χ0) is 9.14. The van der Waals surface area contributed by atoms with Gasteiger partial charge in [-0.05, 0) is 13.8 Å². The summed E-state index contributed by atoms with van der Waals surface area (Å²) in [5.74, 6) is -0.664. The van der Waals surface area contributed by atoms with Gasteiger partial charge in [-0.1, -0.05) is 11.6 Å². The van der Waals surface area contributed by atoms with E-state index < -0.39 is 5.95 Å². The van der Waals surface area contributed by atoms with E-state index in [-0.39, 0.29) is 11.3 Å². The summed E-state index contributed by atoms with van der Waals surface area (Å²) in [6.07, 6.45) is 1.12. The number of hydrogen-bond donors (Lipinski definition) is 0. The molecule has 0 saturated heterocycles. The van der Waals surface area contributed by atoms with Gasteiger partial charge < -0.3 is 4.74 Å². The topological polar surface area (TPSA) is 27.1 Å². The van der Waals surface area contributed by atoms with Gasteiger partial charge in [0, 0.05) is 12.8 Å². The summed E-state index contributed by atoms with van der Waals surface area (Å²) in [6, 6.07) is 0. The third kappa shape index (κ3) is 1.95. The van der Waals surface area contributed by atoms with Crippen molar-refractivity contribution in [1.29, 1.82) is 0 Å². The number of ether oxygens (including phenoxy) is 1. The normalized spacial score (nSPS) is 13.3. The minimum absolute atomic E-state index is 0.0153. The van der Waals surface area contributed by atoms with Crippen molar-refractivity contribution in [2.75, 3.05) is 6.61 Å². The van der Waals surface area contributed by atoms with Crippen LogP contribution in [0.25, 0.3) is 0 Å². The monoisotopic (exact) mass is 192 g/mol. The Hall–Kier alpha value is -0.610. The molecule has 3 nitrogen and oxygen atoms in total. The smallest absolute Gasteiger partial charge is 0.251 e. The molecule has 0 aromatic carbocycles. The summed E-state index contributed by atoms with van der Waals surface area (Å²) in [4.78, 5) is 0. The van der Waals surface area contributed by atoms with Crippen molar-refractivity contribution in [3.05, 3.63) is 17.2 Å². The fourth-order valence-corrected chi connectivity index (χ4v) is 0.989. The first-order valence-electron chi connectivity index (χ1n) is 3.67. The Kier molecular flexibility index (Phi) is 3.05. The molecule has 1 atom stereocenters. The number of rotatable bonds is 3. The molecule has 0 spiro atoms. The van der Waals surface area contributed by atoms with Gasteiger partial charge in [-0.3, -0.25) is 0 Å². The van der Waals surface area contributed by atoms with E-state index in [1.165, 1.54) is 10.9 Å². The summed E-state index contributed by atoms with van der Waals surface area (Å²) in [7, 11) is 0. The predicted octanol–water partition coefficient (Wildman–Crippen LogP) is 2.23. The van der Waals surface area contributed by atoms with E-state index in [1.807, 2.05) is 6.92 Å². The fraction of sp³-hybridized carbons (Fsp3) is 0.571. The van der Waals surface area contributed by atoms with Crippen molar-refractivity contribution < 1.29 is 9.13 Å². The van der Waals surface area contributed by atoms with Crippen LogP contribution in [0.15, 0.2) is 6.20 Å². The van der Waals surface area contributed by atoms with Crippen molar-refractivity contribution in [3.63, 3.8) is 0 Å². The lowest BCUT2D eigenvalue weighted by molar-refractivity contribution is 0.0149. The van der Waals surface area contributed by atoms with Gasteiger partial charge in [-0.2, -0.15) is 4.39 Å². The van der Waals surface area contributed by atoms with Crippen molar-refractivity contribution in [2.45, 2.75) is 20.1 Å². The van der Waals surface area contributed by atoms with Gasteiger partial charge in [0.05, 0.1) is 0 Å². The Morgan fingerprint density at radius 1 is 1.83 bits per heavy atom. The second-order valence-corrected chi connectivity index (χ2v) is 2.71. The lowest BCUT2D eigenvalue weighted by atomic mass is 10.6. The number of aromatic nitrogens is 2. The van der Waals surface area contributed by atoms with Crippen LogP contribution in [0.3, 0.4) is 0 Å². The summed E-state index contributed by atoms with van der Waals surface area (Å²) >= 11 is 5.46. The Labute approximate surface area is 75.1 Å². The van der Waals surface area contributed by atoms with Gasteiger partial charge in [0.25, 0.3) is 5.95 Å². The molecule has 0 N–H and O–H groups in total. The Balaban J connectivity index is 2.74. The van der Waals surface area contributed by atoms with Gasteiger partial charge in [0.1, 0.15) is 11.3 Å². The molecule has 1 heterocycles. The molecule has 5 heteroatoms. The van der Waals surface area contributed by atoms with E-state index in [0.717, 1.165) is 0 Å². The maximum absolute atomic E-state index is 12.6. The maximum Gasteiger partial charge on any atom is 0.251 e. The van der Waals surface area contributed by atoms with E-state index in [4.69, 9.17) is 16.3 Å². The van der Waals surface area contributed by atoms with Crippen molar-refractivity contribution in [3.8, 4) is 0 Å². The van der Waals surface area contributed by atoms with Crippen LogP contribution in [0.1, 0.15) is 20.1 Å². The third-order valence-electron chi connectivity index (χ3n) is 1.43. The lowest BCUT2D eigenvalue weighted by Gasteiger charge is -2.10. The first-order valence-corrected chi connectivity index (χ1v) is 4.04. The molecule has 12 heavy (non-hydrogen) atoms. The molecule has 1 aromatic rings. The average molecular weight is 193 g/mol. The molecule has 1 unspecified atom stereocenters. The van der Waals surface area contributed by atoms with Gasteiger partial charge in [0.15, 0.2) is 0 Å². The summed E-state index contributed by atoms with van der Waals surface area (Å²) in [6.45, 7) is 4.19. The second kappa shape index (κ2) is 3.87. The minimum Gasteiger partial charge on any atom is -0.357 e. The van der Waals surface area contributed by atoms with Crippen molar-refractivity contribution >= 4 is 11.6 Å².